The van der Waals surface area contributed by atoms with E-state index in [1.54, 1.807) is 12.1 Å². The lowest BCUT2D eigenvalue weighted by Crippen LogP contribution is -2.30. The van der Waals surface area contributed by atoms with E-state index in [1.165, 1.54) is 31.6 Å². The molecule has 0 fully saturated rings. The van der Waals surface area contributed by atoms with Gasteiger partial charge in [0, 0.05) is 23.3 Å². The van der Waals surface area contributed by atoms with E-state index < -0.39 is 12.9 Å². The number of hydrogen-bond donors (Lipinski definition) is 2. The van der Waals surface area contributed by atoms with Gasteiger partial charge in [-0.25, -0.2) is 4.39 Å². The Hall–Kier alpha value is -2.12. The fourth-order valence-corrected chi connectivity index (χ4v) is 1.59. The lowest BCUT2D eigenvalue weighted by Gasteiger charge is -2.09. The summed E-state index contributed by atoms with van der Waals surface area (Å²) in [5, 5.41) is 18.0. The number of hydrogen-bond acceptors (Lipinski definition) is 5. The Bertz CT molecular complexity index is 594. The highest BCUT2D eigenvalue weighted by molar-refractivity contribution is 6.58. The summed E-state index contributed by atoms with van der Waals surface area (Å²) in [7, 11) is -0.161. The first kappa shape index (κ1) is 14.3. The van der Waals surface area contributed by atoms with Gasteiger partial charge in [0.25, 0.3) is 0 Å². The minimum Gasteiger partial charge on any atom is -0.497 e. The molecular weight excluding hydrogens is 264 g/mol. The predicted octanol–water partition coefficient (Wildman–Crippen LogP) is 0.488. The van der Waals surface area contributed by atoms with Crippen LogP contribution in [0.1, 0.15) is 5.56 Å². The molecule has 1 aromatic carbocycles. The van der Waals surface area contributed by atoms with Gasteiger partial charge in [-0.3, -0.25) is 4.98 Å². The van der Waals surface area contributed by atoms with Crippen LogP contribution in [0.5, 0.6) is 11.5 Å². The molecule has 20 heavy (non-hydrogen) atoms. The summed E-state index contributed by atoms with van der Waals surface area (Å²) in [5.74, 6) is 0.319. The monoisotopic (exact) mass is 277 g/mol. The molecule has 0 saturated heterocycles. The number of halogens is 1. The molecule has 2 aromatic rings. The zero-order valence-electron chi connectivity index (χ0n) is 10.8. The van der Waals surface area contributed by atoms with E-state index in [0.717, 1.165) is 0 Å². The van der Waals surface area contributed by atoms with Gasteiger partial charge in [0.2, 0.25) is 0 Å². The SMILES string of the molecule is COc1ccc(COc2cncc(B(O)O)c2)c(F)c1. The molecule has 1 heterocycles. The Kier molecular flexibility index (Phi) is 4.55. The van der Waals surface area contributed by atoms with Crippen molar-refractivity contribution in [1.82, 2.24) is 4.98 Å². The Morgan fingerprint density at radius 1 is 1.20 bits per heavy atom. The van der Waals surface area contributed by atoms with Crippen molar-refractivity contribution in [2.45, 2.75) is 6.61 Å². The van der Waals surface area contributed by atoms with E-state index >= 15 is 0 Å². The smallest absolute Gasteiger partial charge is 0.490 e. The molecule has 0 amide bonds. The molecule has 104 valence electrons. The van der Waals surface area contributed by atoms with E-state index in [9.17, 15) is 4.39 Å². The van der Waals surface area contributed by atoms with Crippen LogP contribution in [0.4, 0.5) is 4.39 Å². The third-order valence-corrected chi connectivity index (χ3v) is 2.69. The second-order valence-electron chi connectivity index (χ2n) is 4.07. The molecule has 5 nitrogen and oxygen atoms in total. The van der Waals surface area contributed by atoms with Crippen LogP contribution >= 0.6 is 0 Å². The van der Waals surface area contributed by atoms with Gasteiger partial charge in [0.05, 0.1) is 13.3 Å². The number of nitrogens with zero attached hydrogens (tertiary/aromatic N) is 1. The van der Waals surface area contributed by atoms with Crippen molar-refractivity contribution >= 4 is 12.6 Å². The van der Waals surface area contributed by atoms with Gasteiger partial charge in [-0.15, -0.1) is 0 Å². The first-order valence-electron chi connectivity index (χ1n) is 5.86. The lowest BCUT2D eigenvalue weighted by molar-refractivity contribution is 0.298. The summed E-state index contributed by atoms with van der Waals surface area (Å²) < 4.78 is 24.0. The quantitative estimate of drug-likeness (QED) is 0.778. The molecular formula is C13H13BFNO4. The molecule has 0 aliphatic heterocycles. The Morgan fingerprint density at radius 3 is 2.65 bits per heavy atom. The van der Waals surface area contributed by atoms with Crippen molar-refractivity contribution in [3.05, 3.63) is 48.0 Å². The summed E-state index contributed by atoms with van der Waals surface area (Å²) in [6.07, 6.45) is 2.72. The van der Waals surface area contributed by atoms with E-state index in [1.807, 2.05) is 0 Å². The van der Waals surface area contributed by atoms with Gasteiger partial charge >= 0.3 is 7.12 Å². The average Bonchev–Trinajstić information content (AvgIpc) is 2.46. The first-order valence-corrected chi connectivity index (χ1v) is 5.86. The number of rotatable bonds is 5. The third kappa shape index (κ3) is 3.46. The number of aromatic nitrogens is 1. The minimum absolute atomic E-state index is 0.00247. The van der Waals surface area contributed by atoms with Crippen molar-refractivity contribution in [3.63, 3.8) is 0 Å². The molecule has 0 aliphatic rings. The lowest BCUT2D eigenvalue weighted by atomic mass is 9.82. The maximum Gasteiger partial charge on any atom is 0.490 e. The van der Waals surface area contributed by atoms with Crippen LogP contribution in [-0.2, 0) is 6.61 Å². The largest absolute Gasteiger partial charge is 0.497 e. The van der Waals surface area contributed by atoms with Gasteiger partial charge in [-0.1, -0.05) is 0 Å². The van der Waals surface area contributed by atoms with Gasteiger partial charge < -0.3 is 19.5 Å². The topological polar surface area (TPSA) is 71.8 Å². The highest BCUT2D eigenvalue weighted by Gasteiger charge is 2.12. The fourth-order valence-electron chi connectivity index (χ4n) is 1.59. The first-order chi connectivity index (χ1) is 9.60. The molecule has 0 spiro atoms. The van der Waals surface area contributed by atoms with Crippen LogP contribution in [0.25, 0.3) is 0 Å². The molecule has 0 unspecified atom stereocenters. The average molecular weight is 277 g/mol. The van der Waals surface area contributed by atoms with Crippen LogP contribution in [0, 0.1) is 5.82 Å². The summed E-state index contributed by atoms with van der Waals surface area (Å²) in [4.78, 5) is 3.81. The summed E-state index contributed by atoms with van der Waals surface area (Å²) in [6, 6.07) is 5.89. The van der Waals surface area contributed by atoms with Crippen LogP contribution in [0.2, 0.25) is 0 Å². The normalized spacial score (nSPS) is 10.2. The molecule has 2 rings (SSSR count). The third-order valence-electron chi connectivity index (χ3n) is 2.69. The fraction of sp³-hybridized carbons (Fsp3) is 0.154. The molecule has 0 aliphatic carbocycles. The Morgan fingerprint density at radius 2 is 2.00 bits per heavy atom. The van der Waals surface area contributed by atoms with E-state index in [0.29, 0.717) is 17.1 Å². The van der Waals surface area contributed by atoms with Crippen molar-refractivity contribution in [1.29, 1.82) is 0 Å². The number of ether oxygens (including phenoxy) is 2. The minimum atomic E-state index is -1.62. The molecule has 0 atom stereocenters. The molecule has 0 radical (unpaired) electrons. The maximum absolute atomic E-state index is 13.7. The van der Waals surface area contributed by atoms with Crippen LogP contribution in [-0.4, -0.2) is 29.3 Å². The van der Waals surface area contributed by atoms with Crippen molar-refractivity contribution in [2.24, 2.45) is 0 Å². The maximum atomic E-state index is 13.7. The molecule has 2 N–H and O–H groups in total. The summed E-state index contributed by atoms with van der Waals surface area (Å²) in [5.41, 5.74) is 0.568. The van der Waals surface area contributed by atoms with Crippen LogP contribution < -0.4 is 14.9 Å². The highest BCUT2D eigenvalue weighted by atomic mass is 19.1. The second-order valence-corrected chi connectivity index (χ2v) is 4.07. The Labute approximate surface area is 115 Å². The van der Waals surface area contributed by atoms with Gasteiger partial charge in [-0.2, -0.15) is 0 Å². The van der Waals surface area contributed by atoms with E-state index in [2.05, 4.69) is 4.98 Å². The van der Waals surface area contributed by atoms with Crippen molar-refractivity contribution in [2.75, 3.05) is 7.11 Å². The molecule has 0 saturated carbocycles. The van der Waals surface area contributed by atoms with Crippen LogP contribution in [0.3, 0.4) is 0 Å². The highest BCUT2D eigenvalue weighted by Crippen LogP contribution is 2.18. The number of methoxy groups -OCH3 is 1. The Balaban J connectivity index is 2.07. The van der Waals surface area contributed by atoms with E-state index in [4.69, 9.17) is 19.5 Å². The molecule has 0 bridgehead atoms. The van der Waals surface area contributed by atoms with Gasteiger partial charge in [0.15, 0.2) is 0 Å². The number of pyridine rings is 1. The van der Waals surface area contributed by atoms with Crippen molar-refractivity contribution < 1.29 is 23.9 Å². The molecule has 7 heteroatoms. The summed E-state index contributed by atoms with van der Waals surface area (Å²) in [6.45, 7) is 0.00247. The van der Waals surface area contributed by atoms with E-state index in [-0.39, 0.29) is 12.1 Å². The summed E-state index contributed by atoms with van der Waals surface area (Å²) >= 11 is 0. The predicted molar refractivity (Wildman–Crippen MR) is 71.3 cm³/mol. The number of benzene rings is 1. The standard InChI is InChI=1S/C13H13BFNO4/c1-19-11-3-2-9(13(15)5-11)8-20-12-4-10(14(17)18)6-16-7-12/h2-7,17-18H,8H2,1H3. The molecule has 1 aromatic heterocycles. The zero-order chi connectivity index (χ0) is 14.5. The van der Waals surface area contributed by atoms with Gasteiger partial charge in [0.1, 0.15) is 23.9 Å². The second kappa shape index (κ2) is 6.36. The zero-order valence-corrected chi connectivity index (χ0v) is 10.8. The van der Waals surface area contributed by atoms with Crippen LogP contribution in [0.15, 0.2) is 36.7 Å². The van der Waals surface area contributed by atoms with Gasteiger partial charge in [-0.05, 0) is 18.2 Å². The van der Waals surface area contributed by atoms with Crippen molar-refractivity contribution in [3.8, 4) is 11.5 Å².